The molecule has 42 heavy (non-hydrogen) atoms. The summed E-state index contributed by atoms with van der Waals surface area (Å²) in [6, 6.07) is 17.2. The predicted octanol–water partition coefficient (Wildman–Crippen LogP) is 7.26. The smallest absolute Gasteiger partial charge is 0.426 e. The Hall–Kier alpha value is -4.16. The molecule has 0 unspecified atom stereocenters. The molecule has 216 valence electrons. The van der Waals surface area contributed by atoms with Crippen LogP contribution in [0.15, 0.2) is 83.1 Å². The van der Waals surface area contributed by atoms with Gasteiger partial charge in [0, 0.05) is 40.9 Å². The number of hydrogen-bond donors (Lipinski definition) is 1. The first-order valence-corrected chi connectivity index (χ1v) is 15.1. The second-order valence-electron chi connectivity index (χ2n) is 10.1. The van der Waals surface area contributed by atoms with Gasteiger partial charge in [-0.25, -0.2) is 16.8 Å². The monoisotopic (exact) mass is 614 g/mol. The van der Waals surface area contributed by atoms with Crippen LogP contribution >= 0.6 is 11.3 Å². The topological polar surface area (TPSA) is 79.6 Å². The van der Waals surface area contributed by atoms with Gasteiger partial charge in [-0.05, 0) is 60.8 Å². The van der Waals surface area contributed by atoms with E-state index in [2.05, 4.69) is 0 Å². The SMILES string of the molecule is Cc1ccc(S(=O)(=O)n2c(-c3cccc(N4CC(C(=O)O)C4)c3)c(-c3ccsc3C(F)(F)F)c3cc(F)ccc32)cc1. The summed E-state index contributed by atoms with van der Waals surface area (Å²) in [6.07, 6.45) is -4.75. The van der Waals surface area contributed by atoms with E-state index in [-0.39, 0.29) is 51.3 Å². The number of carboxylic acids is 1. The summed E-state index contributed by atoms with van der Waals surface area (Å²) < 4.78 is 86.9. The molecule has 1 saturated heterocycles. The molecule has 6 nitrogen and oxygen atoms in total. The van der Waals surface area contributed by atoms with Crippen molar-refractivity contribution in [1.29, 1.82) is 0 Å². The zero-order valence-electron chi connectivity index (χ0n) is 21.9. The standard InChI is InChI=1S/C30H22F4N2O4S2/c1-17-5-8-22(9-6-17)42(39,40)36-25-10-7-20(31)14-24(25)26(23-11-12-41-28(23)30(32,33)34)27(36)18-3-2-4-21(13-18)35-15-19(16-35)29(37)38/h2-14,19H,15-16H2,1H3,(H,37,38). The van der Waals surface area contributed by atoms with Crippen molar-refractivity contribution in [2.45, 2.75) is 18.0 Å². The maximum absolute atomic E-state index is 14.7. The molecule has 1 aliphatic heterocycles. The average Bonchev–Trinajstić information content (AvgIpc) is 3.51. The molecule has 6 rings (SSSR count). The molecule has 0 amide bonds. The normalized spacial score (nSPS) is 14.4. The zero-order valence-corrected chi connectivity index (χ0v) is 23.5. The Balaban J connectivity index is 1.69. The van der Waals surface area contributed by atoms with Gasteiger partial charge in [0.2, 0.25) is 0 Å². The largest absolute Gasteiger partial charge is 0.481 e. The number of carbonyl (C=O) groups is 1. The van der Waals surface area contributed by atoms with Crippen LogP contribution in [0.2, 0.25) is 0 Å². The van der Waals surface area contributed by atoms with E-state index in [1.54, 1.807) is 48.2 Å². The van der Waals surface area contributed by atoms with Crippen molar-refractivity contribution in [2.24, 2.45) is 5.92 Å². The van der Waals surface area contributed by atoms with Crippen LogP contribution in [0, 0.1) is 18.7 Å². The van der Waals surface area contributed by atoms with Crippen molar-refractivity contribution < 1.29 is 35.9 Å². The fourth-order valence-electron chi connectivity index (χ4n) is 5.26. The molecule has 1 N–H and O–H groups in total. The fraction of sp³-hybridized carbons (Fsp3) is 0.167. The van der Waals surface area contributed by atoms with E-state index in [1.165, 1.54) is 29.6 Å². The van der Waals surface area contributed by atoms with Gasteiger partial charge in [0.1, 0.15) is 10.7 Å². The molecule has 0 saturated carbocycles. The van der Waals surface area contributed by atoms with E-state index in [0.717, 1.165) is 21.7 Å². The third-order valence-corrected chi connectivity index (χ3v) is 10.0. The number of anilines is 1. The highest BCUT2D eigenvalue weighted by atomic mass is 32.2. The van der Waals surface area contributed by atoms with E-state index in [4.69, 9.17) is 0 Å². The van der Waals surface area contributed by atoms with Gasteiger partial charge >= 0.3 is 12.1 Å². The summed E-state index contributed by atoms with van der Waals surface area (Å²) in [5.41, 5.74) is 1.28. The fourth-order valence-corrected chi connectivity index (χ4v) is 7.57. The van der Waals surface area contributed by atoms with Crippen molar-refractivity contribution in [2.75, 3.05) is 18.0 Å². The Morgan fingerprint density at radius 3 is 2.38 bits per heavy atom. The molecule has 0 bridgehead atoms. The second kappa shape index (κ2) is 9.99. The molecule has 5 aromatic rings. The summed E-state index contributed by atoms with van der Waals surface area (Å²) >= 11 is 0.465. The van der Waals surface area contributed by atoms with Crippen molar-refractivity contribution in [1.82, 2.24) is 3.97 Å². The van der Waals surface area contributed by atoms with Crippen molar-refractivity contribution in [3.05, 3.63) is 94.4 Å². The number of rotatable bonds is 6. The van der Waals surface area contributed by atoms with E-state index in [0.29, 0.717) is 17.0 Å². The molecule has 0 spiro atoms. The number of benzene rings is 3. The molecule has 1 fully saturated rings. The van der Waals surface area contributed by atoms with Gasteiger partial charge in [-0.2, -0.15) is 13.2 Å². The van der Waals surface area contributed by atoms with Crippen LogP contribution in [0.4, 0.5) is 23.2 Å². The van der Waals surface area contributed by atoms with Gasteiger partial charge in [-0.1, -0.05) is 29.8 Å². The van der Waals surface area contributed by atoms with Crippen LogP contribution < -0.4 is 4.90 Å². The van der Waals surface area contributed by atoms with Crippen LogP contribution in [0.25, 0.3) is 33.3 Å². The van der Waals surface area contributed by atoms with E-state index >= 15 is 0 Å². The van der Waals surface area contributed by atoms with Crippen molar-refractivity contribution in [3.8, 4) is 22.4 Å². The number of aryl methyl sites for hydroxylation is 1. The number of alkyl halides is 3. The summed E-state index contributed by atoms with van der Waals surface area (Å²) in [5, 5.41) is 10.6. The molecule has 1 aliphatic rings. The number of aromatic nitrogens is 1. The molecule has 3 aromatic carbocycles. The molecule has 2 aromatic heterocycles. The highest BCUT2D eigenvalue weighted by molar-refractivity contribution is 7.90. The quantitative estimate of drug-likeness (QED) is 0.204. The zero-order chi connectivity index (χ0) is 30.0. The number of carboxylic acid groups (broad SMARTS) is 1. The van der Waals surface area contributed by atoms with Crippen LogP contribution in [-0.2, 0) is 21.0 Å². The number of thiophene rings is 1. The summed E-state index contributed by atoms with van der Waals surface area (Å²) in [4.78, 5) is 12.1. The maximum atomic E-state index is 14.7. The Morgan fingerprint density at radius 1 is 1.00 bits per heavy atom. The lowest BCUT2D eigenvalue weighted by Crippen LogP contribution is -2.50. The highest BCUT2D eigenvalue weighted by Gasteiger charge is 2.39. The molecular weight excluding hydrogens is 592 g/mol. The van der Waals surface area contributed by atoms with E-state index in [9.17, 15) is 35.9 Å². The third kappa shape index (κ3) is 4.64. The number of fused-ring (bicyclic) bond motifs is 1. The first-order chi connectivity index (χ1) is 19.9. The number of halogens is 4. The van der Waals surface area contributed by atoms with Crippen molar-refractivity contribution in [3.63, 3.8) is 0 Å². The Bertz CT molecular complexity index is 1960. The minimum atomic E-state index is -4.75. The first-order valence-electron chi connectivity index (χ1n) is 12.8. The van der Waals surface area contributed by atoms with Crippen LogP contribution in [0.1, 0.15) is 10.4 Å². The number of hydrogen-bond acceptors (Lipinski definition) is 5. The predicted molar refractivity (Wildman–Crippen MR) is 153 cm³/mol. The lowest BCUT2D eigenvalue weighted by atomic mass is 9.96. The molecule has 0 atom stereocenters. The van der Waals surface area contributed by atoms with E-state index < -0.39 is 38.8 Å². The van der Waals surface area contributed by atoms with Gasteiger partial charge in [-0.15, -0.1) is 11.3 Å². The molecule has 3 heterocycles. The lowest BCUT2D eigenvalue weighted by molar-refractivity contribution is -0.142. The second-order valence-corrected chi connectivity index (χ2v) is 12.8. The molecule has 0 aliphatic carbocycles. The highest BCUT2D eigenvalue weighted by Crippen LogP contribution is 2.49. The lowest BCUT2D eigenvalue weighted by Gasteiger charge is -2.38. The summed E-state index contributed by atoms with van der Waals surface area (Å²) in [6.45, 7) is 2.24. The molecule has 12 heteroatoms. The summed E-state index contributed by atoms with van der Waals surface area (Å²) in [5.74, 6) is -2.24. The van der Waals surface area contributed by atoms with Gasteiger partial charge in [0.25, 0.3) is 10.0 Å². The number of nitrogens with zero attached hydrogens (tertiary/aromatic N) is 2. The molecular formula is C30H22F4N2O4S2. The summed E-state index contributed by atoms with van der Waals surface area (Å²) in [7, 11) is -4.41. The maximum Gasteiger partial charge on any atom is 0.426 e. The van der Waals surface area contributed by atoms with Crippen LogP contribution in [0.5, 0.6) is 0 Å². The van der Waals surface area contributed by atoms with Crippen LogP contribution in [0.3, 0.4) is 0 Å². The minimum Gasteiger partial charge on any atom is -0.481 e. The van der Waals surface area contributed by atoms with Gasteiger partial charge in [-0.3, -0.25) is 4.79 Å². The van der Waals surface area contributed by atoms with E-state index in [1.807, 2.05) is 0 Å². The van der Waals surface area contributed by atoms with Gasteiger partial charge < -0.3 is 10.0 Å². The number of aliphatic carboxylic acids is 1. The van der Waals surface area contributed by atoms with Gasteiger partial charge in [0.05, 0.1) is 22.0 Å². The third-order valence-electron chi connectivity index (χ3n) is 7.35. The Morgan fingerprint density at radius 2 is 1.71 bits per heavy atom. The van der Waals surface area contributed by atoms with Crippen LogP contribution in [-0.4, -0.2) is 36.6 Å². The van der Waals surface area contributed by atoms with Crippen molar-refractivity contribution >= 4 is 43.9 Å². The molecule has 0 radical (unpaired) electrons. The Kier molecular flexibility index (Phi) is 6.65. The van der Waals surface area contributed by atoms with Gasteiger partial charge in [0.15, 0.2) is 0 Å². The minimum absolute atomic E-state index is 0.00452. The average molecular weight is 615 g/mol. The first kappa shape index (κ1) is 28.0. The Labute approximate surface area is 242 Å².